The maximum Gasteiger partial charge on any atom is 0.494 e. The molecule has 0 N–H and O–H groups in total. The van der Waals surface area contributed by atoms with Crippen LogP contribution in [0.25, 0.3) is 0 Å². The van der Waals surface area contributed by atoms with Crippen LogP contribution in [0.15, 0.2) is 54.6 Å². The predicted molar refractivity (Wildman–Crippen MR) is 156 cm³/mol. The summed E-state index contributed by atoms with van der Waals surface area (Å²) in [6.45, 7) is 16.5. The third kappa shape index (κ3) is 3.67. The summed E-state index contributed by atoms with van der Waals surface area (Å²) in [5.41, 5.74) is 3.45. The van der Waals surface area contributed by atoms with Gasteiger partial charge in [0.1, 0.15) is 23.0 Å². The topological polar surface area (TPSA) is 55.4 Å². The van der Waals surface area contributed by atoms with Crippen molar-refractivity contribution >= 4 is 48.3 Å². The summed E-state index contributed by atoms with van der Waals surface area (Å²) in [6, 6.07) is 18.5. The zero-order chi connectivity index (χ0) is 27.5. The molecule has 4 aliphatic heterocycles. The Morgan fingerprint density at radius 1 is 0.487 bits per heavy atom. The highest BCUT2D eigenvalue weighted by molar-refractivity contribution is 6.98. The van der Waals surface area contributed by atoms with E-state index >= 15 is 0 Å². The summed E-state index contributed by atoms with van der Waals surface area (Å²) in [7, 11) is -0.915. The smallest absolute Gasteiger partial charge is 0.458 e. The molecule has 0 aromatic heterocycles. The second-order valence-corrected chi connectivity index (χ2v) is 13.1. The number of hydrogen-bond acceptors (Lipinski definition) is 6. The minimum absolute atomic E-state index is 0.0246. The van der Waals surface area contributed by atoms with Gasteiger partial charge >= 0.3 is 14.2 Å². The van der Waals surface area contributed by atoms with Gasteiger partial charge in [0.15, 0.2) is 0 Å². The molecule has 0 saturated carbocycles. The Morgan fingerprint density at radius 3 is 1.26 bits per heavy atom. The summed E-state index contributed by atoms with van der Waals surface area (Å²) < 4.78 is 38.2. The Bertz CT molecular complexity index is 1370. The molecule has 7 rings (SSSR count). The Morgan fingerprint density at radius 2 is 0.872 bits per heavy atom. The normalized spacial score (nSPS) is 22.5. The van der Waals surface area contributed by atoms with Crippen LogP contribution in [0.3, 0.4) is 0 Å². The minimum Gasteiger partial charge on any atom is -0.458 e. The first-order chi connectivity index (χ1) is 18.3. The summed E-state index contributed by atoms with van der Waals surface area (Å²) in [5.74, 6) is 3.22. The molecular weight excluding hydrogens is 489 g/mol. The van der Waals surface area contributed by atoms with Gasteiger partial charge in [0, 0.05) is 5.46 Å². The van der Waals surface area contributed by atoms with Gasteiger partial charge in [0.05, 0.1) is 22.4 Å². The van der Waals surface area contributed by atoms with Crippen LogP contribution < -0.4 is 36.8 Å². The molecule has 0 amide bonds. The first-order valence-electron chi connectivity index (χ1n) is 13.7. The Labute approximate surface area is 231 Å². The van der Waals surface area contributed by atoms with E-state index in [9.17, 15) is 0 Å². The molecule has 2 saturated heterocycles. The lowest BCUT2D eigenvalue weighted by molar-refractivity contribution is 0.00578. The SMILES string of the molecule is CC1(C)OB(c2ccc3c(c2)Oc2cccc4c2B3c2ccc(B3OC(C)(C)C(C)(C)O3)cc2O4)OC1(C)C. The van der Waals surface area contributed by atoms with Crippen molar-refractivity contribution in [1.29, 1.82) is 0 Å². The van der Waals surface area contributed by atoms with Crippen LogP contribution in [0, 0.1) is 0 Å². The quantitative estimate of drug-likeness (QED) is 0.333. The molecule has 0 spiro atoms. The third-order valence-corrected chi connectivity index (χ3v) is 9.50. The zero-order valence-electron chi connectivity index (χ0n) is 23.9. The fraction of sp³-hybridized carbons (Fsp3) is 0.400. The summed E-state index contributed by atoms with van der Waals surface area (Å²) in [5, 5.41) is 0. The first-order valence-corrected chi connectivity index (χ1v) is 13.7. The molecule has 3 aromatic carbocycles. The van der Waals surface area contributed by atoms with Crippen LogP contribution in [-0.4, -0.2) is 43.4 Å². The van der Waals surface area contributed by atoms with Crippen molar-refractivity contribution < 1.29 is 28.1 Å². The largest absolute Gasteiger partial charge is 0.494 e. The van der Waals surface area contributed by atoms with Crippen molar-refractivity contribution in [2.24, 2.45) is 0 Å². The summed E-state index contributed by atoms with van der Waals surface area (Å²) in [6.07, 6.45) is 0. The van der Waals surface area contributed by atoms with Crippen LogP contribution in [0.4, 0.5) is 0 Å². The van der Waals surface area contributed by atoms with Crippen molar-refractivity contribution in [3.63, 3.8) is 0 Å². The number of rotatable bonds is 2. The molecule has 4 aliphatic rings. The van der Waals surface area contributed by atoms with Crippen LogP contribution in [0.2, 0.25) is 0 Å². The van der Waals surface area contributed by atoms with E-state index in [2.05, 4.69) is 91.8 Å². The van der Waals surface area contributed by atoms with Gasteiger partial charge in [-0.3, -0.25) is 0 Å². The molecule has 3 aromatic rings. The number of hydrogen-bond donors (Lipinski definition) is 0. The van der Waals surface area contributed by atoms with Gasteiger partial charge in [-0.2, -0.15) is 0 Å². The standard InChI is InChI=1S/C30H33B3O6/c1-27(2)28(3,4)37-32(36-27)18-12-14-20-24(16-18)34-22-10-9-11-23-26(22)31(20)21-15-13-19(17-25(21)35-23)33-38-29(5,6)30(7,8)39-33/h9-17H,1-8H3. The van der Waals surface area contributed by atoms with E-state index in [4.69, 9.17) is 28.1 Å². The highest BCUT2D eigenvalue weighted by atomic mass is 16.7. The third-order valence-electron chi connectivity index (χ3n) is 9.50. The molecule has 0 radical (unpaired) electrons. The molecule has 4 heterocycles. The Balaban J connectivity index is 1.28. The van der Waals surface area contributed by atoms with Crippen molar-refractivity contribution in [2.45, 2.75) is 77.8 Å². The van der Waals surface area contributed by atoms with Gasteiger partial charge < -0.3 is 28.1 Å². The molecular formula is C30H33B3O6. The van der Waals surface area contributed by atoms with Gasteiger partial charge in [0.2, 0.25) is 0 Å². The fourth-order valence-electron chi connectivity index (χ4n) is 5.71. The van der Waals surface area contributed by atoms with E-state index in [1.165, 1.54) is 0 Å². The van der Waals surface area contributed by atoms with Gasteiger partial charge in [-0.15, -0.1) is 0 Å². The molecule has 2 fully saturated rings. The average molecular weight is 522 g/mol. The monoisotopic (exact) mass is 522 g/mol. The van der Waals surface area contributed by atoms with Crippen LogP contribution in [0.1, 0.15) is 55.4 Å². The Kier molecular flexibility index (Phi) is 5.15. The van der Waals surface area contributed by atoms with Crippen molar-refractivity contribution in [2.75, 3.05) is 0 Å². The molecule has 0 aliphatic carbocycles. The van der Waals surface area contributed by atoms with Gasteiger partial charge in [-0.05, 0) is 102 Å². The van der Waals surface area contributed by atoms with E-state index in [1.807, 2.05) is 18.2 Å². The lowest BCUT2D eigenvalue weighted by atomic mass is 9.34. The molecule has 0 atom stereocenters. The maximum absolute atomic E-state index is 6.46. The number of benzene rings is 3. The van der Waals surface area contributed by atoms with Gasteiger partial charge in [-0.1, -0.05) is 30.3 Å². The van der Waals surface area contributed by atoms with E-state index in [0.717, 1.165) is 50.3 Å². The lowest BCUT2D eigenvalue weighted by Gasteiger charge is -2.33. The molecule has 39 heavy (non-hydrogen) atoms. The van der Waals surface area contributed by atoms with E-state index in [1.54, 1.807) is 0 Å². The van der Waals surface area contributed by atoms with E-state index in [0.29, 0.717) is 0 Å². The minimum atomic E-state index is -0.457. The highest BCUT2D eigenvalue weighted by Crippen LogP contribution is 2.39. The van der Waals surface area contributed by atoms with Crippen LogP contribution >= 0.6 is 0 Å². The molecule has 198 valence electrons. The van der Waals surface area contributed by atoms with Crippen molar-refractivity contribution in [3.8, 4) is 23.0 Å². The summed E-state index contributed by atoms with van der Waals surface area (Å²) >= 11 is 0. The summed E-state index contributed by atoms with van der Waals surface area (Å²) in [4.78, 5) is 0. The van der Waals surface area contributed by atoms with Crippen LogP contribution in [0.5, 0.6) is 23.0 Å². The first kappa shape index (κ1) is 25.3. The second kappa shape index (κ2) is 7.94. The van der Waals surface area contributed by atoms with E-state index in [-0.39, 0.29) is 6.71 Å². The molecule has 6 nitrogen and oxygen atoms in total. The Hall–Kier alpha value is -2.71. The van der Waals surface area contributed by atoms with Crippen molar-refractivity contribution in [1.82, 2.24) is 0 Å². The average Bonchev–Trinajstić information content (AvgIpc) is 3.22. The zero-order valence-corrected chi connectivity index (χ0v) is 23.9. The maximum atomic E-state index is 6.46. The predicted octanol–water partition coefficient (Wildman–Crippen LogP) is 3.01. The molecule has 9 heteroatoms. The van der Waals surface area contributed by atoms with Gasteiger partial charge in [0.25, 0.3) is 6.71 Å². The van der Waals surface area contributed by atoms with Gasteiger partial charge in [-0.25, -0.2) is 0 Å². The van der Waals surface area contributed by atoms with Crippen LogP contribution in [-0.2, 0) is 18.6 Å². The fourth-order valence-corrected chi connectivity index (χ4v) is 5.71. The molecule has 0 bridgehead atoms. The lowest BCUT2D eigenvalue weighted by Crippen LogP contribution is -2.58. The highest BCUT2D eigenvalue weighted by Gasteiger charge is 2.53. The number of fused-ring (bicyclic) bond motifs is 4. The number of ether oxygens (including phenoxy) is 2. The second-order valence-electron chi connectivity index (χ2n) is 13.1. The molecule has 0 unspecified atom stereocenters. The van der Waals surface area contributed by atoms with E-state index < -0.39 is 36.6 Å². The van der Waals surface area contributed by atoms with Crippen molar-refractivity contribution in [3.05, 3.63) is 54.6 Å².